The quantitative estimate of drug-likeness (QED) is 0.263. The smallest absolute Gasteiger partial charge is 0.201 e. The summed E-state index contributed by atoms with van der Waals surface area (Å²) in [5.41, 5.74) is 1.02. The van der Waals surface area contributed by atoms with Gasteiger partial charge in [0.05, 0.1) is 44.2 Å². The molecule has 3 rings (SSSR count). The highest BCUT2D eigenvalue weighted by atomic mass is 17.1. The minimum absolute atomic E-state index is 0.0830. The number of carbonyl (C=O) groups is 2. The Morgan fingerprint density at radius 3 is 1.90 bits per heavy atom. The van der Waals surface area contributed by atoms with Crippen molar-refractivity contribution in [2.24, 2.45) is 0 Å². The fraction of sp³-hybridized carbons (Fsp3) is 0.364. The lowest BCUT2D eigenvalue weighted by atomic mass is 9.83. The molecule has 0 saturated carbocycles. The van der Waals surface area contributed by atoms with E-state index in [1.165, 1.54) is 0 Å². The Hall–Kier alpha value is -2.78. The largest absolute Gasteiger partial charge is 0.493 e. The van der Waals surface area contributed by atoms with Crippen molar-refractivity contribution in [2.45, 2.75) is 12.8 Å². The van der Waals surface area contributed by atoms with E-state index in [0.29, 0.717) is 42.1 Å². The minimum atomic E-state index is -0.333. The zero-order valence-electron chi connectivity index (χ0n) is 16.5. The number of hydrogen-bond acceptors (Lipinski definition) is 8. The molecule has 0 unspecified atom stereocenters. The molecule has 30 heavy (non-hydrogen) atoms. The second-order valence-electron chi connectivity index (χ2n) is 6.59. The normalized spacial score (nSPS) is 12.5. The van der Waals surface area contributed by atoms with E-state index < -0.39 is 0 Å². The summed E-state index contributed by atoms with van der Waals surface area (Å²) in [5.74, 6) is 0.0444. The van der Waals surface area contributed by atoms with Gasteiger partial charge in [-0.1, -0.05) is 24.3 Å². The van der Waals surface area contributed by atoms with Crippen LogP contribution in [0.2, 0.25) is 0 Å². The third-order valence-electron chi connectivity index (χ3n) is 4.60. The van der Waals surface area contributed by atoms with Crippen LogP contribution in [0.1, 0.15) is 44.7 Å². The second kappa shape index (κ2) is 10.8. The highest BCUT2D eigenvalue weighted by Gasteiger charge is 2.34. The van der Waals surface area contributed by atoms with Crippen molar-refractivity contribution in [3.05, 3.63) is 58.7 Å². The molecule has 0 aliphatic heterocycles. The maximum absolute atomic E-state index is 13.3. The standard InChI is InChI=1S/C22H24O8/c23-9-12-27-13-14-29-18-8-4-6-16-20(18)22(25)19-15(21(16)24)5-3-7-17(19)28-10-1-2-11-30-26/h3-8,23,26H,1-2,9-14H2. The Labute approximate surface area is 173 Å². The zero-order valence-corrected chi connectivity index (χ0v) is 16.5. The molecule has 0 amide bonds. The molecule has 8 nitrogen and oxygen atoms in total. The van der Waals surface area contributed by atoms with Gasteiger partial charge >= 0.3 is 0 Å². The van der Waals surface area contributed by atoms with E-state index in [1.807, 2.05) is 0 Å². The van der Waals surface area contributed by atoms with Gasteiger partial charge in [0.1, 0.15) is 18.1 Å². The number of rotatable bonds is 12. The number of unbranched alkanes of at least 4 members (excludes halogenated alkanes) is 1. The first-order chi connectivity index (χ1) is 14.7. The number of aliphatic hydroxyl groups is 1. The lowest BCUT2D eigenvalue weighted by Gasteiger charge is -2.22. The lowest BCUT2D eigenvalue weighted by Crippen LogP contribution is -2.23. The van der Waals surface area contributed by atoms with Crippen LogP contribution in [0, 0.1) is 0 Å². The number of benzene rings is 2. The van der Waals surface area contributed by atoms with Crippen molar-refractivity contribution in [3.63, 3.8) is 0 Å². The molecule has 0 saturated heterocycles. The van der Waals surface area contributed by atoms with E-state index in [9.17, 15) is 9.59 Å². The molecule has 2 aromatic rings. The van der Waals surface area contributed by atoms with E-state index >= 15 is 0 Å². The summed E-state index contributed by atoms with van der Waals surface area (Å²) in [4.78, 5) is 30.4. The van der Waals surface area contributed by atoms with Gasteiger partial charge < -0.3 is 19.3 Å². The molecular weight excluding hydrogens is 392 g/mol. The summed E-state index contributed by atoms with van der Waals surface area (Å²) in [6.07, 6.45) is 1.21. The Balaban J connectivity index is 1.82. The Bertz CT molecular complexity index is 823. The molecule has 0 bridgehead atoms. The minimum Gasteiger partial charge on any atom is -0.493 e. The third-order valence-corrected chi connectivity index (χ3v) is 4.60. The predicted octanol–water partition coefficient (Wildman–Crippen LogP) is 2.50. The third kappa shape index (κ3) is 4.85. The highest BCUT2D eigenvalue weighted by Crippen LogP contribution is 2.37. The van der Waals surface area contributed by atoms with Crippen molar-refractivity contribution in [1.82, 2.24) is 0 Å². The predicted molar refractivity (Wildman–Crippen MR) is 106 cm³/mol. The van der Waals surface area contributed by atoms with Crippen LogP contribution in [-0.2, 0) is 9.62 Å². The van der Waals surface area contributed by atoms with Gasteiger partial charge in [-0.3, -0.25) is 14.8 Å². The summed E-state index contributed by atoms with van der Waals surface area (Å²) >= 11 is 0. The number of hydrogen-bond donors (Lipinski definition) is 2. The number of fused-ring (bicyclic) bond motifs is 2. The van der Waals surface area contributed by atoms with Crippen LogP contribution in [0.3, 0.4) is 0 Å². The fourth-order valence-corrected chi connectivity index (χ4v) is 3.25. The molecule has 1 aliphatic rings. The Morgan fingerprint density at radius 2 is 1.30 bits per heavy atom. The van der Waals surface area contributed by atoms with E-state index in [-0.39, 0.29) is 55.7 Å². The van der Waals surface area contributed by atoms with Gasteiger partial charge in [0.15, 0.2) is 5.78 Å². The zero-order chi connectivity index (χ0) is 21.3. The van der Waals surface area contributed by atoms with E-state index in [2.05, 4.69) is 4.89 Å². The van der Waals surface area contributed by atoms with E-state index in [4.69, 9.17) is 24.6 Å². The fourth-order valence-electron chi connectivity index (χ4n) is 3.25. The Kier molecular flexibility index (Phi) is 7.92. The molecule has 2 aromatic carbocycles. The first-order valence-electron chi connectivity index (χ1n) is 9.75. The lowest BCUT2D eigenvalue weighted by molar-refractivity contribution is -0.242. The molecular formula is C22H24O8. The van der Waals surface area contributed by atoms with Gasteiger partial charge in [-0.25, -0.2) is 4.89 Å². The maximum Gasteiger partial charge on any atom is 0.201 e. The van der Waals surface area contributed by atoms with Gasteiger partial charge in [-0.2, -0.15) is 0 Å². The molecule has 8 heteroatoms. The molecule has 0 fully saturated rings. The molecule has 0 radical (unpaired) electrons. The van der Waals surface area contributed by atoms with Crippen LogP contribution < -0.4 is 9.47 Å². The number of aliphatic hydroxyl groups excluding tert-OH is 1. The monoisotopic (exact) mass is 416 g/mol. The summed E-state index contributed by atoms with van der Waals surface area (Å²) < 4.78 is 16.6. The second-order valence-corrected chi connectivity index (χ2v) is 6.59. The molecule has 0 spiro atoms. The molecule has 160 valence electrons. The summed E-state index contributed by atoms with van der Waals surface area (Å²) in [6.45, 7) is 1.05. The summed E-state index contributed by atoms with van der Waals surface area (Å²) in [7, 11) is 0. The molecule has 0 heterocycles. The average Bonchev–Trinajstić information content (AvgIpc) is 2.77. The van der Waals surface area contributed by atoms with Crippen molar-refractivity contribution in [3.8, 4) is 11.5 Å². The molecule has 2 N–H and O–H groups in total. The number of carbonyl (C=O) groups excluding carboxylic acids is 2. The summed E-state index contributed by atoms with van der Waals surface area (Å²) in [5, 5.41) is 17.1. The van der Waals surface area contributed by atoms with Crippen LogP contribution in [0.25, 0.3) is 0 Å². The topological polar surface area (TPSA) is 112 Å². The first kappa shape index (κ1) is 21.9. The first-order valence-corrected chi connectivity index (χ1v) is 9.75. The van der Waals surface area contributed by atoms with E-state index in [1.54, 1.807) is 36.4 Å². The van der Waals surface area contributed by atoms with Crippen molar-refractivity contribution < 1.29 is 39.1 Å². The molecule has 0 atom stereocenters. The van der Waals surface area contributed by atoms with Gasteiger partial charge in [0, 0.05) is 11.1 Å². The van der Waals surface area contributed by atoms with Crippen LogP contribution in [0.15, 0.2) is 36.4 Å². The van der Waals surface area contributed by atoms with Crippen molar-refractivity contribution in [2.75, 3.05) is 39.6 Å². The number of ketones is 2. The van der Waals surface area contributed by atoms with Crippen LogP contribution >= 0.6 is 0 Å². The summed E-state index contributed by atoms with van der Waals surface area (Å²) in [6, 6.07) is 9.86. The van der Waals surface area contributed by atoms with Crippen molar-refractivity contribution >= 4 is 11.6 Å². The van der Waals surface area contributed by atoms with Crippen LogP contribution in [-0.4, -0.2) is 61.6 Å². The van der Waals surface area contributed by atoms with Gasteiger partial charge in [0.25, 0.3) is 0 Å². The van der Waals surface area contributed by atoms with Crippen molar-refractivity contribution in [1.29, 1.82) is 0 Å². The van der Waals surface area contributed by atoms with Gasteiger partial charge in [0.2, 0.25) is 5.78 Å². The molecule has 1 aliphatic carbocycles. The van der Waals surface area contributed by atoms with Crippen LogP contribution in [0.4, 0.5) is 0 Å². The average molecular weight is 416 g/mol. The Morgan fingerprint density at radius 1 is 0.700 bits per heavy atom. The van der Waals surface area contributed by atoms with Gasteiger partial charge in [-0.15, -0.1) is 0 Å². The van der Waals surface area contributed by atoms with Crippen LogP contribution in [0.5, 0.6) is 11.5 Å². The SMILES string of the molecule is O=C1c2cccc(OCCCCOO)c2C(=O)c2c(OCCOCCO)cccc21. The highest BCUT2D eigenvalue weighted by molar-refractivity contribution is 6.30. The van der Waals surface area contributed by atoms with Gasteiger partial charge in [-0.05, 0) is 25.0 Å². The maximum atomic E-state index is 13.3. The van der Waals surface area contributed by atoms with E-state index in [0.717, 1.165) is 0 Å². The molecule has 0 aromatic heterocycles. The number of ether oxygens (including phenoxy) is 3.